The molecule has 0 heterocycles. The highest BCUT2D eigenvalue weighted by Crippen LogP contribution is 2.33. The lowest BCUT2D eigenvalue weighted by molar-refractivity contribution is -0.137. The Kier molecular flexibility index (Phi) is 8.64. The Morgan fingerprint density at radius 1 is 1.03 bits per heavy atom. The van der Waals surface area contributed by atoms with Crippen LogP contribution in [-0.2, 0) is 6.18 Å². The topological polar surface area (TPSA) is 27.7 Å². The van der Waals surface area contributed by atoms with Gasteiger partial charge in [0.2, 0.25) is 0 Å². The second-order valence-corrected chi connectivity index (χ2v) is 7.09. The number of alkyl halides is 3. The molecule has 0 N–H and O–H groups in total. The third-order valence-corrected chi connectivity index (χ3v) is 4.28. The van der Waals surface area contributed by atoms with E-state index in [1.807, 2.05) is 0 Å². The molecule has 0 atom stereocenters. The van der Waals surface area contributed by atoms with Crippen LogP contribution in [0.3, 0.4) is 0 Å². The fourth-order valence-electron chi connectivity index (χ4n) is 2.33. The molecule has 2 aromatic carbocycles. The van der Waals surface area contributed by atoms with E-state index in [1.165, 1.54) is 18.2 Å². The van der Waals surface area contributed by atoms with Gasteiger partial charge in [-0.1, -0.05) is 11.6 Å². The summed E-state index contributed by atoms with van der Waals surface area (Å²) in [6, 6.07) is 7.80. The van der Waals surface area contributed by atoms with Gasteiger partial charge in [-0.15, -0.1) is 0 Å². The van der Waals surface area contributed by atoms with Gasteiger partial charge in [-0.05, 0) is 64.8 Å². The molecule has 29 heavy (non-hydrogen) atoms. The molecular formula is C20H18BrClF4O3. The monoisotopic (exact) mass is 496 g/mol. The van der Waals surface area contributed by atoms with E-state index in [-0.39, 0.29) is 13.2 Å². The van der Waals surface area contributed by atoms with Crippen molar-refractivity contribution in [1.29, 1.82) is 0 Å². The summed E-state index contributed by atoms with van der Waals surface area (Å²) in [6.07, 6.45) is -2.64. The van der Waals surface area contributed by atoms with Crippen molar-refractivity contribution in [2.75, 3.05) is 19.8 Å². The third-order valence-electron chi connectivity index (χ3n) is 3.68. The fourth-order valence-corrected chi connectivity index (χ4v) is 2.77. The second kappa shape index (κ2) is 10.7. The van der Waals surface area contributed by atoms with Gasteiger partial charge in [-0.2, -0.15) is 17.6 Å². The molecule has 0 aliphatic rings. The van der Waals surface area contributed by atoms with E-state index < -0.39 is 16.5 Å². The first kappa shape index (κ1) is 23.3. The average molecular weight is 498 g/mol. The van der Waals surface area contributed by atoms with Crippen LogP contribution < -0.4 is 14.2 Å². The quantitative estimate of drug-likeness (QED) is 0.273. The van der Waals surface area contributed by atoms with E-state index >= 15 is 0 Å². The Balaban J connectivity index is 1.79. The summed E-state index contributed by atoms with van der Waals surface area (Å²) in [7, 11) is 0. The van der Waals surface area contributed by atoms with Crippen molar-refractivity contribution in [3.05, 3.63) is 63.4 Å². The first-order valence-corrected chi connectivity index (χ1v) is 9.71. The maximum atomic E-state index is 12.6. The summed E-state index contributed by atoms with van der Waals surface area (Å²) < 4.78 is 66.1. The molecular weight excluding hydrogens is 480 g/mol. The lowest BCUT2D eigenvalue weighted by Crippen LogP contribution is -2.07. The SMILES string of the molecule is Cc1cc(OCC=C(F)Br)cc(Cl)c1OCCCOc1ccc(C(F)(F)F)cc1. The minimum absolute atomic E-state index is 0.0499. The fraction of sp³-hybridized carbons (Fsp3) is 0.300. The zero-order chi connectivity index (χ0) is 21.4. The number of ether oxygens (including phenoxy) is 3. The average Bonchev–Trinajstić information content (AvgIpc) is 2.62. The summed E-state index contributed by atoms with van der Waals surface area (Å²) in [6.45, 7) is 2.43. The summed E-state index contributed by atoms with van der Waals surface area (Å²) in [5.74, 6) is 1.33. The number of benzene rings is 2. The molecule has 0 aliphatic heterocycles. The highest BCUT2D eigenvalue weighted by atomic mass is 79.9. The van der Waals surface area contributed by atoms with E-state index in [9.17, 15) is 17.6 Å². The number of hydrogen-bond acceptors (Lipinski definition) is 3. The van der Waals surface area contributed by atoms with Gasteiger partial charge in [0, 0.05) is 12.5 Å². The van der Waals surface area contributed by atoms with Gasteiger partial charge in [0.05, 0.1) is 23.8 Å². The van der Waals surface area contributed by atoms with Crippen LogP contribution in [0.1, 0.15) is 17.5 Å². The summed E-state index contributed by atoms with van der Waals surface area (Å²) in [5, 5.41) is 0.354. The van der Waals surface area contributed by atoms with Gasteiger partial charge in [-0.25, -0.2) is 0 Å². The highest BCUT2D eigenvalue weighted by molar-refractivity contribution is 9.11. The molecule has 9 heteroatoms. The molecule has 3 nitrogen and oxygen atoms in total. The van der Waals surface area contributed by atoms with Crippen LogP contribution in [-0.4, -0.2) is 19.8 Å². The molecule has 0 aliphatic carbocycles. The maximum absolute atomic E-state index is 12.6. The molecule has 0 unspecified atom stereocenters. The van der Waals surface area contributed by atoms with Gasteiger partial charge in [-0.3, -0.25) is 0 Å². The molecule has 158 valence electrons. The Bertz CT molecular complexity index is 812. The smallest absolute Gasteiger partial charge is 0.416 e. The van der Waals surface area contributed by atoms with Crippen LogP contribution in [0.15, 0.2) is 47.2 Å². The molecule has 0 aromatic heterocycles. The predicted molar refractivity (Wildman–Crippen MR) is 107 cm³/mol. The van der Waals surface area contributed by atoms with E-state index in [2.05, 4.69) is 15.9 Å². The lowest BCUT2D eigenvalue weighted by atomic mass is 10.2. The molecule has 0 bridgehead atoms. The second-order valence-electron chi connectivity index (χ2n) is 5.93. The largest absolute Gasteiger partial charge is 0.493 e. The molecule has 2 aromatic rings. The molecule has 0 radical (unpaired) electrons. The normalized spacial score (nSPS) is 12.0. The molecule has 0 saturated carbocycles. The van der Waals surface area contributed by atoms with Crippen molar-refractivity contribution >= 4 is 27.5 Å². The van der Waals surface area contributed by atoms with Gasteiger partial charge in [0.25, 0.3) is 0 Å². The zero-order valence-corrected chi connectivity index (χ0v) is 17.7. The van der Waals surface area contributed by atoms with Crippen molar-refractivity contribution in [2.24, 2.45) is 0 Å². The molecule has 0 spiro atoms. The zero-order valence-electron chi connectivity index (χ0n) is 15.4. The third kappa shape index (κ3) is 7.78. The molecule has 0 saturated heterocycles. The van der Waals surface area contributed by atoms with Gasteiger partial charge in [0.15, 0.2) is 4.74 Å². The molecule has 2 rings (SSSR count). The van der Waals surface area contributed by atoms with Crippen LogP contribution in [0, 0.1) is 6.92 Å². The number of hydrogen-bond donors (Lipinski definition) is 0. The van der Waals surface area contributed by atoms with Crippen LogP contribution in [0.25, 0.3) is 0 Å². The van der Waals surface area contributed by atoms with E-state index in [1.54, 1.807) is 19.1 Å². The minimum Gasteiger partial charge on any atom is -0.493 e. The van der Waals surface area contributed by atoms with Crippen LogP contribution >= 0.6 is 27.5 Å². The van der Waals surface area contributed by atoms with Gasteiger partial charge in [0.1, 0.15) is 23.9 Å². The van der Waals surface area contributed by atoms with Gasteiger partial charge >= 0.3 is 6.18 Å². The van der Waals surface area contributed by atoms with Crippen molar-refractivity contribution in [3.63, 3.8) is 0 Å². The Labute approximate surface area is 179 Å². The lowest BCUT2D eigenvalue weighted by Gasteiger charge is -2.14. The number of rotatable bonds is 9. The van der Waals surface area contributed by atoms with E-state index in [0.717, 1.165) is 17.7 Å². The molecule has 0 amide bonds. The summed E-state index contributed by atoms with van der Waals surface area (Å²) in [5.41, 5.74) is 0.0264. The van der Waals surface area contributed by atoms with Crippen molar-refractivity contribution in [3.8, 4) is 17.2 Å². The van der Waals surface area contributed by atoms with Crippen LogP contribution in [0.5, 0.6) is 17.2 Å². The minimum atomic E-state index is -4.37. The van der Waals surface area contributed by atoms with E-state index in [4.69, 9.17) is 25.8 Å². The first-order valence-electron chi connectivity index (χ1n) is 8.54. The van der Waals surface area contributed by atoms with Gasteiger partial charge < -0.3 is 14.2 Å². The number of halogens is 6. The summed E-state index contributed by atoms with van der Waals surface area (Å²) >= 11 is 8.88. The first-order chi connectivity index (χ1) is 13.7. The predicted octanol–water partition coefficient (Wildman–Crippen LogP) is 7.10. The van der Waals surface area contributed by atoms with Crippen LogP contribution in [0.2, 0.25) is 5.02 Å². The highest BCUT2D eigenvalue weighted by Gasteiger charge is 2.29. The Morgan fingerprint density at radius 2 is 1.69 bits per heavy atom. The van der Waals surface area contributed by atoms with Crippen molar-refractivity contribution in [1.82, 2.24) is 0 Å². The number of aryl methyl sites for hydroxylation is 1. The Hall–Kier alpha value is -1.93. The van der Waals surface area contributed by atoms with Crippen molar-refractivity contribution in [2.45, 2.75) is 19.5 Å². The summed E-state index contributed by atoms with van der Waals surface area (Å²) in [4.78, 5) is 0. The van der Waals surface area contributed by atoms with Crippen molar-refractivity contribution < 1.29 is 31.8 Å². The maximum Gasteiger partial charge on any atom is 0.416 e. The molecule has 0 fully saturated rings. The van der Waals surface area contributed by atoms with E-state index in [0.29, 0.717) is 35.3 Å². The standard InChI is InChI=1S/C20H18BrClF4O3/c1-13-11-16(28-10-7-18(21)23)12-17(22)19(13)29-9-2-8-27-15-5-3-14(4-6-15)20(24,25)26/h3-7,11-12H,2,8-10H2,1H3. The Morgan fingerprint density at radius 3 is 2.28 bits per heavy atom. The van der Waals surface area contributed by atoms with Crippen LogP contribution in [0.4, 0.5) is 17.6 Å².